The van der Waals surface area contributed by atoms with E-state index in [0.717, 1.165) is 0 Å². The number of hydrogen-bond donors (Lipinski definition) is 1. The topological polar surface area (TPSA) is 102 Å². The maximum Gasteiger partial charge on any atom is 0.306 e. The van der Waals surface area contributed by atoms with E-state index >= 15 is 0 Å². The molecule has 1 aliphatic rings. The van der Waals surface area contributed by atoms with Crippen molar-refractivity contribution in [1.29, 1.82) is 0 Å². The minimum absolute atomic E-state index is 0.0883. The van der Waals surface area contributed by atoms with Crippen molar-refractivity contribution in [1.82, 2.24) is 4.31 Å². The molecular weight excluding hydrogens is 348 g/mol. The first-order valence-electron chi connectivity index (χ1n) is 8.03. The summed E-state index contributed by atoms with van der Waals surface area (Å²) in [6.07, 6.45) is -0.794. The summed E-state index contributed by atoms with van der Waals surface area (Å²) in [5, 5.41) is 2.56. The van der Waals surface area contributed by atoms with E-state index in [1.54, 1.807) is 19.1 Å². The Hall–Kier alpha value is -1.97. The molecule has 138 valence electrons. The van der Waals surface area contributed by atoms with Crippen LogP contribution in [0.15, 0.2) is 29.2 Å². The molecule has 2 rings (SSSR count). The largest absolute Gasteiger partial charge is 0.453 e. The van der Waals surface area contributed by atoms with Crippen molar-refractivity contribution in [3.8, 4) is 0 Å². The Morgan fingerprint density at radius 1 is 1.32 bits per heavy atom. The first-order chi connectivity index (χ1) is 11.8. The number of benzene rings is 1. The molecule has 1 heterocycles. The SMILES string of the molecule is CCC(=O)O[C@H](C)C(=O)Nc1cccc(S(=O)(=O)N2CCOCC2)c1. The molecule has 0 saturated carbocycles. The molecule has 0 bridgehead atoms. The third kappa shape index (κ3) is 5.00. The second kappa shape index (κ2) is 8.41. The highest BCUT2D eigenvalue weighted by molar-refractivity contribution is 7.89. The molecule has 1 aliphatic heterocycles. The van der Waals surface area contributed by atoms with Gasteiger partial charge in [-0.2, -0.15) is 4.31 Å². The fourth-order valence-corrected chi connectivity index (χ4v) is 3.70. The van der Waals surface area contributed by atoms with Crippen molar-refractivity contribution in [2.45, 2.75) is 31.3 Å². The lowest BCUT2D eigenvalue weighted by Gasteiger charge is -2.26. The van der Waals surface area contributed by atoms with E-state index in [2.05, 4.69) is 5.32 Å². The second-order valence-electron chi connectivity index (χ2n) is 5.52. The minimum Gasteiger partial charge on any atom is -0.453 e. The molecule has 25 heavy (non-hydrogen) atoms. The van der Waals surface area contributed by atoms with Crippen molar-refractivity contribution >= 4 is 27.6 Å². The molecule has 1 amide bonds. The molecule has 1 atom stereocenters. The molecule has 1 fully saturated rings. The number of amides is 1. The van der Waals surface area contributed by atoms with Gasteiger partial charge in [-0.05, 0) is 25.1 Å². The van der Waals surface area contributed by atoms with Gasteiger partial charge in [-0.25, -0.2) is 8.42 Å². The van der Waals surface area contributed by atoms with Crippen LogP contribution in [-0.2, 0) is 29.1 Å². The van der Waals surface area contributed by atoms with Crippen LogP contribution in [0.25, 0.3) is 0 Å². The van der Waals surface area contributed by atoms with Gasteiger partial charge in [-0.15, -0.1) is 0 Å². The van der Waals surface area contributed by atoms with Gasteiger partial charge < -0.3 is 14.8 Å². The summed E-state index contributed by atoms with van der Waals surface area (Å²) in [5.74, 6) is -1.01. The van der Waals surface area contributed by atoms with Crippen molar-refractivity contribution in [3.63, 3.8) is 0 Å². The van der Waals surface area contributed by atoms with Crippen molar-refractivity contribution in [2.75, 3.05) is 31.6 Å². The maximum atomic E-state index is 12.6. The summed E-state index contributed by atoms with van der Waals surface area (Å²) in [7, 11) is -3.65. The van der Waals surface area contributed by atoms with Crippen LogP contribution in [0.5, 0.6) is 0 Å². The summed E-state index contributed by atoms with van der Waals surface area (Å²) < 4.78 is 36.7. The average Bonchev–Trinajstić information content (AvgIpc) is 2.62. The van der Waals surface area contributed by atoms with E-state index in [1.807, 2.05) is 0 Å². The van der Waals surface area contributed by atoms with Crippen LogP contribution in [0.1, 0.15) is 20.3 Å². The predicted octanol–water partition coefficient (Wildman–Crippen LogP) is 0.988. The molecule has 0 radical (unpaired) electrons. The van der Waals surface area contributed by atoms with Crippen LogP contribution < -0.4 is 5.32 Å². The molecule has 0 unspecified atom stereocenters. The zero-order chi connectivity index (χ0) is 18.4. The highest BCUT2D eigenvalue weighted by atomic mass is 32.2. The number of sulfonamides is 1. The van der Waals surface area contributed by atoms with Crippen LogP contribution in [0.2, 0.25) is 0 Å². The first-order valence-corrected chi connectivity index (χ1v) is 9.47. The van der Waals surface area contributed by atoms with Gasteiger partial charge in [-0.3, -0.25) is 9.59 Å². The van der Waals surface area contributed by atoms with Gasteiger partial charge in [0.25, 0.3) is 5.91 Å². The molecule has 1 N–H and O–H groups in total. The number of ether oxygens (including phenoxy) is 2. The average molecular weight is 370 g/mol. The fourth-order valence-electron chi connectivity index (χ4n) is 2.25. The maximum absolute atomic E-state index is 12.6. The van der Waals surface area contributed by atoms with Gasteiger partial charge >= 0.3 is 5.97 Å². The molecule has 9 heteroatoms. The fraction of sp³-hybridized carbons (Fsp3) is 0.500. The lowest BCUT2D eigenvalue weighted by atomic mass is 10.3. The van der Waals surface area contributed by atoms with E-state index in [-0.39, 0.29) is 11.3 Å². The molecule has 0 spiro atoms. The standard InChI is InChI=1S/C16H22N2O6S/c1-3-15(19)24-12(2)16(20)17-13-5-4-6-14(11-13)25(21,22)18-7-9-23-10-8-18/h4-6,11-12H,3,7-10H2,1-2H3,(H,17,20)/t12-/m1/s1. The van der Waals surface area contributed by atoms with Crippen LogP contribution >= 0.6 is 0 Å². The van der Waals surface area contributed by atoms with Gasteiger partial charge in [0.1, 0.15) is 0 Å². The normalized spacial score (nSPS) is 16.9. The number of nitrogens with one attached hydrogen (secondary N) is 1. The number of hydrogen-bond acceptors (Lipinski definition) is 6. The van der Waals surface area contributed by atoms with E-state index in [9.17, 15) is 18.0 Å². The molecule has 8 nitrogen and oxygen atoms in total. The zero-order valence-corrected chi connectivity index (χ0v) is 15.0. The molecule has 0 aromatic heterocycles. The van der Waals surface area contributed by atoms with E-state index < -0.39 is 28.0 Å². The monoisotopic (exact) mass is 370 g/mol. The van der Waals surface area contributed by atoms with E-state index in [4.69, 9.17) is 9.47 Å². The molecule has 1 saturated heterocycles. The number of carbonyl (C=O) groups excluding carboxylic acids is 2. The quantitative estimate of drug-likeness (QED) is 0.749. The highest BCUT2D eigenvalue weighted by Crippen LogP contribution is 2.20. The van der Waals surface area contributed by atoms with Gasteiger partial charge in [0.15, 0.2) is 6.10 Å². The van der Waals surface area contributed by atoms with E-state index in [0.29, 0.717) is 32.0 Å². The van der Waals surface area contributed by atoms with Crippen molar-refractivity contribution in [3.05, 3.63) is 24.3 Å². The summed E-state index contributed by atoms with van der Waals surface area (Å²) in [6.45, 7) is 4.39. The number of morpholine rings is 1. The Bertz CT molecular complexity index is 728. The molecule has 0 aliphatic carbocycles. The zero-order valence-electron chi connectivity index (χ0n) is 14.2. The van der Waals surface area contributed by atoms with Gasteiger partial charge in [0, 0.05) is 25.2 Å². The summed E-state index contributed by atoms with van der Waals surface area (Å²) in [4.78, 5) is 23.4. The summed E-state index contributed by atoms with van der Waals surface area (Å²) in [5.41, 5.74) is 0.318. The number of rotatable bonds is 6. The van der Waals surface area contributed by atoms with Crippen LogP contribution in [0.3, 0.4) is 0 Å². The summed E-state index contributed by atoms with van der Waals surface area (Å²) in [6, 6.07) is 5.98. The lowest BCUT2D eigenvalue weighted by Crippen LogP contribution is -2.40. The highest BCUT2D eigenvalue weighted by Gasteiger charge is 2.26. The number of esters is 1. The Morgan fingerprint density at radius 3 is 2.64 bits per heavy atom. The Labute approximate surface area is 147 Å². The van der Waals surface area contributed by atoms with Crippen molar-refractivity contribution in [2.24, 2.45) is 0 Å². The summed E-state index contributed by atoms with van der Waals surface area (Å²) >= 11 is 0. The minimum atomic E-state index is -3.65. The second-order valence-corrected chi connectivity index (χ2v) is 7.46. The van der Waals surface area contributed by atoms with Gasteiger partial charge in [0.05, 0.1) is 18.1 Å². The van der Waals surface area contributed by atoms with E-state index in [1.165, 1.54) is 23.4 Å². The Kier molecular flexibility index (Phi) is 6.51. The van der Waals surface area contributed by atoms with Crippen LogP contribution in [0, 0.1) is 0 Å². The molecule has 1 aromatic rings. The number of nitrogens with zero attached hydrogens (tertiary/aromatic N) is 1. The van der Waals surface area contributed by atoms with Gasteiger partial charge in [-0.1, -0.05) is 13.0 Å². The Morgan fingerprint density at radius 2 is 2.00 bits per heavy atom. The third-order valence-electron chi connectivity index (χ3n) is 3.68. The number of anilines is 1. The third-order valence-corrected chi connectivity index (χ3v) is 5.57. The molecule has 1 aromatic carbocycles. The number of carbonyl (C=O) groups is 2. The van der Waals surface area contributed by atoms with Crippen LogP contribution in [0.4, 0.5) is 5.69 Å². The molecular formula is C16H22N2O6S. The Balaban J connectivity index is 2.10. The van der Waals surface area contributed by atoms with Gasteiger partial charge in [0.2, 0.25) is 10.0 Å². The first kappa shape index (κ1) is 19.4. The van der Waals surface area contributed by atoms with Crippen LogP contribution in [-0.4, -0.2) is 57.0 Å². The lowest BCUT2D eigenvalue weighted by molar-refractivity contribution is -0.152. The predicted molar refractivity (Wildman–Crippen MR) is 90.5 cm³/mol. The smallest absolute Gasteiger partial charge is 0.306 e. The van der Waals surface area contributed by atoms with Crippen molar-refractivity contribution < 1.29 is 27.5 Å².